The predicted octanol–water partition coefficient (Wildman–Crippen LogP) is 3.14. The van der Waals surface area contributed by atoms with Crippen molar-refractivity contribution < 1.29 is 9.18 Å². The van der Waals surface area contributed by atoms with E-state index in [2.05, 4.69) is 55.3 Å². The Morgan fingerprint density at radius 3 is 2.46 bits per heavy atom. The van der Waals surface area contributed by atoms with Gasteiger partial charge in [0.05, 0.1) is 5.56 Å². The molecule has 1 amide bonds. The summed E-state index contributed by atoms with van der Waals surface area (Å²) in [6, 6.07) is 14.9. The molecule has 1 heterocycles. The lowest BCUT2D eigenvalue weighted by Gasteiger charge is -2.34. The zero-order valence-corrected chi connectivity index (χ0v) is 16.2. The Labute approximate surface area is 162 Å². The van der Waals surface area contributed by atoms with Gasteiger partial charge in [-0.25, -0.2) is 4.39 Å². The van der Waals surface area contributed by atoms with E-state index in [1.165, 1.54) is 17.7 Å². The van der Waals surface area contributed by atoms with E-state index in [0.717, 1.165) is 39.3 Å². The van der Waals surface area contributed by atoms with Crippen molar-refractivity contribution in [3.05, 3.63) is 69.9 Å². The average Bonchev–Trinajstić information content (AvgIpc) is 2.66. The molecular formula is C20H23BrFN3O. The Morgan fingerprint density at radius 2 is 1.73 bits per heavy atom. The minimum atomic E-state index is -0.500. The van der Waals surface area contributed by atoms with E-state index in [9.17, 15) is 9.18 Å². The summed E-state index contributed by atoms with van der Waals surface area (Å²) in [7, 11) is 0. The first kappa shape index (κ1) is 19.0. The standard InChI is InChI=1S/C20H23BrFN3O/c21-17-6-7-19(22)18(14-17)20(26)23-8-9-24-10-12-25(13-11-24)15-16-4-2-1-3-5-16/h1-7,14H,8-13,15H2,(H,23,26). The third-order valence-corrected chi connectivity index (χ3v) is 5.09. The van der Waals surface area contributed by atoms with Crippen molar-refractivity contribution in [2.24, 2.45) is 0 Å². The molecule has 0 spiro atoms. The highest BCUT2D eigenvalue weighted by Crippen LogP contribution is 2.15. The van der Waals surface area contributed by atoms with Gasteiger partial charge in [-0.15, -0.1) is 0 Å². The van der Waals surface area contributed by atoms with Gasteiger partial charge in [0.25, 0.3) is 5.91 Å². The number of hydrogen-bond donors (Lipinski definition) is 1. The van der Waals surface area contributed by atoms with Crippen LogP contribution in [-0.4, -0.2) is 55.0 Å². The van der Waals surface area contributed by atoms with Crippen LogP contribution < -0.4 is 5.32 Å². The Balaban J connectivity index is 1.39. The summed E-state index contributed by atoms with van der Waals surface area (Å²) >= 11 is 3.27. The predicted molar refractivity (Wildman–Crippen MR) is 105 cm³/mol. The van der Waals surface area contributed by atoms with E-state index in [4.69, 9.17) is 0 Å². The summed E-state index contributed by atoms with van der Waals surface area (Å²) in [5.41, 5.74) is 1.41. The van der Waals surface area contributed by atoms with Crippen LogP contribution >= 0.6 is 15.9 Å². The molecule has 0 aliphatic carbocycles. The van der Waals surface area contributed by atoms with Crippen molar-refractivity contribution >= 4 is 21.8 Å². The summed E-state index contributed by atoms with van der Waals surface area (Å²) in [5.74, 6) is -0.869. The molecule has 6 heteroatoms. The Kier molecular flexibility index (Phi) is 6.77. The maximum atomic E-state index is 13.7. The molecule has 1 fully saturated rings. The van der Waals surface area contributed by atoms with Crippen LogP contribution in [0.3, 0.4) is 0 Å². The van der Waals surface area contributed by atoms with Crippen LogP contribution in [0.15, 0.2) is 53.0 Å². The minimum Gasteiger partial charge on any atom is -0.351 e. The Bertz CT molecular complexity index is 733. The van der Waals surface area contributed by atoms with Gasteiger partial charge in [-0.3, -0.25) is 14.6 Å². The molecule has 0 atom stereocenters. The molecule has 1 aliphatic rings. The summed E-state index contributed by atoms with van der Waals surface area (Å²) < 4.78 is 14.4. The lowest BCUT2D eigenvalue weighted by molar-refractivity contribution is 0.0930. The van der Waals surface area contributed by atoms with Crippen molar-refractivity contribution in [3.63, 3.8) is 0 Å². The summed E-state index contributed by atoms with van der Waals surface area (Å²) in [6.45, 7) is 6.27. The van der Waals surface area contributed by atoms with Gasteiger partial charge < -0.3 is 5.32 Å². The van der Waals surface area contributed by atoms with Crippen molar-refractivity contribution in [3.8, 4) is 0 Å². The number of nitrogens with one attached hydrogen (secondary N) is 1. The highest BCUT2D eigenvalue weighted by molar-refractivity contribution is 9.10. The fourth-order valence-corrected chi connectivity index (χ4v) is 3.47. The van der Waals surface area contributed by atoms with Crippen molar-refractivity contribution in [2.75, 3.05) is 39.3 Å². The summed E-state index contributed by atoms with van der Waals surface area (Å²) in [4.78, 5) is 16.9. The van der Waals surface area contributed by atoms with Gasteiger partial charge >= 0.3 is 0 Å². The normalized spacial score (nSPS) is 15.8. The van der Waals surface area contributed by atoms with E-state index in [0.29, 0.717) is 11.0 Å². The Hall–Kier alpha value is -1.76. The van der Waals surface area contributed by atoms with Gasteiger partial charge in [0.15, 0.2) is 0 Å². The van der Waals surface area contributed by atoms with E-state index >= 15 is 0 Å². The second kappa shape index (κ2) is 9.26. The molecule has 26 heavy (non-hydrogen) atoms. The third kappa shape index (κ3) is 5.37. The largest absolute Gasteiger partial charge is 0.351 e. The van der Waals surface area contributed by atoms with E-state index < -0.39 is 5.82 Å². The second-order valence-electron chi connectivity index (χ2n) is 6.48. The molecule has 4 nitrogen and oxygen atoms in total. The number of benzene rings is 2. The highest BCUT2D eigenvalue weighted by Gasteiger charge is 2.17. The quantitative estimate of drug-likeness (QED) is 0.780. The molecule has 0 unspecified atom stereocenters. The van der Waals surface area contributed by atoms with Crippen LogP contribution in [0.5, 0.6) is 0 Å². The monoisotopic (exact) mass is 419 g/mol. The number of hydrogen-bond acceptors (Lipinski definition) is 3. The molecule has 0 aromatic heterocycles. The van der Waals surface area contributed by atoms with Crippen molar-refractivity contribution in [2.45, 2.75) is 6.54 Å². The molecule has 0 bridgehead atoms. The number of piperazine rings is 1. The van der Waals surface area contributed by atoms with Crippen molar-refractivity contribution in [1.29, 1.82) is 0 Å². The maximum absolute atomic E-state index is 13.7. The topological polar surface area (TPSA) is 35.6 Å². The number of carbonyl (C=O) groups excluding carboxylic acids is 1. The van der Waals surface area contributed by atoms with Gasteiger partial charge in [0.2, 0.25) is 0 Å². The van der Waals surface area contributed by atoms with Crippen LogP contribution in [0.25, 0.3) is 0 Å². The van der Waals surface area contributed by atoms with Crippen LogP contribution in [0, 0.1) is 5.82 Å². The molecule has 138 valence electrons. The molecule has 1 saturated heterocycles. The van der Waals surface area contributed by atoms with Gasteiger partial charge in [0.1, 0.15) is 5.82 Å². The molecular weight excluding hydrogens is 397 g/mol. The van der Waals surface area contributed by atoms with E-state index in [1.807, 2.05) is 6.07 Å². The van der Waals surface area contributed by atoms with Gasteiger partial charge in [-0.1, -0.05) is 46.3 Å². The number of nitrogens with zero attached hydrogens (tertiary/aromatic N) is 2. The lowest BCUT2D eigenvalue weighted by Crippen LogP contribution is -2.48. The fourth-order valence-electron chi connectivity index (χ4n) is 3.11. The van der Waals surface area contributed by atoms with Gasteiger partial charge in [-0.05, 0) is 23.8 Å². The van der Waals surface area contributed by atoms with Crippen LogP contribution in [0.1, 0.15) is 15.9 Å². The van der Waals surface area contributed by atoms with E-state index in [1.54, 1.807) is 6.07 Å². The van der Waals surface area contributed by atoms with E-state index in [-0.39, 0.29) is 11.5 Å². The Morgan fingerprint density at radius 1 is 1.04 bits per heavy atom. The maximum Gasteiger partial charge on any atom is 0.254 e. The molecule has 0 saturated carbocycles. The van der Waals surface area contributed by atoms with Gasteiger partial charge in [-0.2, -0.15) is 0 Å². The number of amides is 1. The highest BCUT2D eigenvalue weighted by atomic mass is 79.9. The number of halogens is 2. The SMILES string of the molecule is O=C(NCCN1CCN(Cc2ccccc2)CC1)c1cc(Br)ccc1F. The zero-order valence-electron chi connectivity index (χ0n) is 14.6. The average molecular weight is 420 g/mol. The first-order valence-electron chi connectivity index (χ1n) is 8.84. The number of rotatable bonds is 6. The molecule has 1 N–H and O–H groups in total. The lowest BCUT2D eigenvalue weighted by atomic mass is 10.2. The third-order valence-electron chi connectivity index (χ3n) is 4.60. The summed E-state index contributed by atoms with van der Waals surface area (Å²) in [6.07, 6.45) is 0. The first-order chi connectivity index (χ1) is 12.6. The molecule has 2 aromatic carbocycles. The minimum absolute atomic E-state index is 0.0760. The summed E-state index contributed by atoms with van der Waals surface area (Å²) in [5, 5.41) is 2.81. The molecule has 1 aliphatic heterocycles. The van der Waals surface area contributed by atoms with Gasteiger partial charge in [0, 0.05) is 50.3 Å². The van der Waals surface area contributed by atoms with Crippen molar-refractivity contribution in [1.82, 2.24) is 15.1 Å². The van der Waals surface area contributed by atoms with Crippen LogP contribution in [0.2, 0.25) is 0 Å². The first-order valence-corrected chi connectivity index (χ1v) is 9.63. The number of carbonyl (C=O) groups is 1. The molecule has 3 rings (SSSR count). The fraction of sp³-hybridized carbons (Fsp3) is 0.350. The second-order valence-corrected chi connectivity index (χ2v) is 7.40. The van der Waals surface area contributed by atoms with Crippen LogP contribution in [-0.2, 0) is 6.54 Å². The zero-order chi connectivity index (χ0) is 18.4. The molecule has 0 radical (unpaired) electrons. The van der Waals surface area contributed by atoms with Crippen LogP contribution in [0.4, 0.5) is 4.39 Å². The molecule has 2 aromatic rings. The smallest absolute Gasteiger partial charge is 0.254 e.